The van der Waals surface area contributed by atoms with Gasteiger partial charge in [-0.05, 0) is 35.9 Å². The van der Waals surface area contributed by atoms with Crippen molar-refractivity contribution in [2.75, 3.05) is 36.4 Å². The highest BCUT2D eigenvalue weighted by Crippen LogP contribution is 2.30. The molecular formula is C26H26BrFN4O2. The summed E-state index contributed by atoms with van der Waals surface area (Å²) < 4.78 is 15.0. The van der Waals surface area contributed by atoms with Crippen LogP contribution in [0.25, 0.3) is 0 Å². The van der Waals surface area contributed by atoms with Crippen molar-refractivity contribution in [1.82, 2.24) is 10.6 Å². The van der Waals surface area contributed by atoms with E-state index in [2.05, 4.69) is 36.8 Å². The minimum absolute atomic E-state index is 0.0997. The Bertz CT molecular complexity index is 1150. The van der Waals surface area contributed by atoms with Crippen molar-refractivity contribution >= 4 is 39.1 Å². The molecule has 176 valence electrons. The maximum atomic E-state index is 14.2. The number of halogens is 2. The second kappa shape index (κ2) is 11.3. The molecule has 0 aliphatic carbocycles. The summed E-state index contributed by atoms with van der Waals surface area (Å²) in [5, 5.41) is 9.06. The molecule has 1 saturated heterocycles. The van der Waals surface area contributed by atoms with Crippen LogP contribution in [0.15, 0.2) is 77.3 Å². The highest BCUT2D eigenvalue weighted by Gasteiger charge is 2.25. The zero-order valence-electron chi connectivity index (χ0n) is 18.6. The third-order valence-corrected chi connectivity index (χ3v) is 6.19. The van der Waals surface area contributed by atoms with Gasteiger partial charge in [0.15, 0.2) is 0 Å². The van der Waals surface area contributed by atoms with E-state index in [4.69, 9.17) is 0 Å². The Morgan fingerprint density at radius 3 is 2.44 bits per heavy atom. The molecule has 0 aromatic heterocycles. The fraction of sp³-hybridized carbons (Fsp3) is 0.231. The number of benzene rings is 3. The van der Waals surface area contributed by atoms with Crippen LogP contribution in [0.3, 0.4) is 0 Å². The predicted octanol–water partition coefficient (Wildman–Crippen LogP) is 3.98. The van der Waals surface area contributed by atoms with E-state index in [0.29, 0.717) is 5.69 Å². The van der Waals surface area contributed by atoms with Gasteiger partial charge < -0.3 is 20.9 Å². The van der Waals surface area contributed by atoms with E-state index in [-0.39, 0.29) is 17.9 Å². The molecule has 34 heavy (non-hydrogen) atoms. The van der Waals surface area contributed by atoms with Gasteiger partial charge in [0.05, 0.1) is 16.9 Å². The lowest BCUT2D eigenvalue weighted by molar-refractivity contribution is -0.118. The number of carbonyl (C=O) groups is 2. The van der Waals surface area contributed by atoms with Crippen molar-refractivity contribution in [3.63, 3.8) is 0 Å². The first-order chi connectivity index (χ1) is 16.5. The Kier molecular flexibility index (Phi) is 7.92. The van der Waals surface area contributed by atoms with Gasteiger partial charge in [0.25, 0.3) is 5.91 Å². The number of nitrogens with zero attached hydrogens (tertiary/aromatic N) is 1. The van der Waals surface area contributed by atoms with Crippen LogP contribution in [-0.4, -0.2) is 44.0 Å². The molecule has 3 aromatic carbocycles. The summed E-state index contributed by atoms with van der Waals surface area (Å²) in [5.74, 6) is -1.64. The van der Waals surface area contributed by atoms with Crippen LogP contribution in [0.2, 0.25) is 0 Å². The van der Waals surface area contributed by atoms with Crippen LogP contribution >= 0.6 is 15.9 Å². The molecule has 0 saturated carbocycles. The second-order valence-corrected chi connectivity index (χ2v) is 9.00. The SMILES string of the molecule is O=C(NC(Cc1ccccc1)C(=O)Nc1cc(Br)ccc1N1CCNCC1)c1ccccc1F. The van der Waals surface area contributed by atoms with E-state index in [0.717, 1.165) is 41.9 Å². The van der Waals surface area contributed by atoms with E-state index in [1.165, 1.54) is 18.2 Å². The van der Waals surface area contributed by atoms with Crippen LogP contribution in [-0.2, 0) is 11.2 Å². The minimum atomic E-state index is -0.899. The van der Waals surface area contributed by atoms with Crippen molar-refractivity contribution in [1.29, 1.82) is 0 Å². The Hall–Kier alpha value is -3.23. The molecule has 1 heterocycles. The Labute approximate surface area is 206 Å². The lowest BCUT2D eigenvalue weighted by Crippen LogP contribution is -2.46. The molecule has 1 aliphatic rings. The third-order valence-electron chi connectivity index (χ3n) is 5.70. The van der Waals surface area contributed by atoms with E-state index in [9.17, 15) is 14.0 Å². The van der Waals surface area contributed by atoms with Gasteiger partial charge >= 0.3 is 0 Å². The summed E-state index contributed by atoms with van der Waals surface area (Å²) in [6.45, 7) is 3.36. The zero-order valence-corrected chi connectivity index (χ0v) is 20.1. The number of nitrogens with one attached hydrogen (secondary N) is 3. The van der Waals surface area contributed by atoms with Crippen molar-refractivity contribution in [2.45, 2.75) is 12.5 Å². The van der Waals surface area contributed by atoms with Gasteiger partial charge in [0.1, 0.15) is 11.9 Å². The first-order valence-electron chi connectivity index (χ1n) is 11.2. The molecule has 0 spiro atoms. The molecule has 2 amide bonds. The summed E-state index contributed by atoms with van der Waals surface area (Å²) in [5.41, 5.74) is 2.35. The summed E-state index contributed by atoms with van der Waals surface area (Å²) >= 11 is 3.49. The van der Waals surface area contributed by atoms with E-state index < -0.39 is 17.8 Å². The predicted molar refractivity (Wildman–Crippen MR) is 136 cm³/mol. The van der Waals surface area contributed by atoms with Crippen molar-refractivity contribution in [2.24, 2.45) is 0 Å². The molecule has 1 fully saturated rings. The lowest BCUT2D eigenvalue weighted by Gasteiger charge is -2.31. The molecule has 1 unspecified atom stereocenters. The van der Waals surface area contributed by atoms with Crippen LogP contribution in [0.1, 0.15) is 15.9 Å². The Morgan fingerprint density at radius 1 is 1.00 bits per heavy atom. The standard InChI is InChI=1S/C26H26BrFN4O2/c27-19-10-11-24(32-14-12-29-13-15-32)22(17-19)30-26(34)23(16-18-6-2-1-3-7-18)31-25(33)20-8-4-5-9-21(20)28/h1-11,17,23,29H,12-16H2,(H,30,34)(H,31,33). The normalized spacial score (nSPS) is 14.4. The summed E-state index contributed by atoms with van der Waals surface area (Å²) in [4.78, 5) is 28.5. The number of anilines is 2. The largest absolute Gasteiger partial charge is 0.367 e. The molecular weight excluding hydrogens is 499 g/mol. The fourth-order valence-corrected chi connectivity index (χ4v) is 4.31. The second-order valence-electron chi connectivity index (χ2n) is 8.08. The Morgan fingerprint density at radius 2 is 1.71 bits per heavy atom. The number of rotatable bonds is 7. The van der Waals surface area contributed by atoms with Gasteiger partial charge in [0, 0.05) is 37.1 Å². The first-order valence-corrected chi connectivity index (χ1v) is 12.0. The molecule has 4 rings (SSSR count). The number of amides is 2. The van der Waals surface area contributed by atoms with Gasteiger partial charge in [-0.25, -0.2) is 4.39 Å². The van der Waals surface area contributed by atoms with E-state index >= 15 is 0 Å². The molecule has 3 aromatic rings. The van der Waals surface area contributed by atoms with Crippen molar-refractivity contribution in [3.8, 4) is 0 Å². The average Bonchev–Trinajstić information content (AvgIpc) is 2.85. The number of hydrogen-bond acceptors (Lipinski definition) is 4. The quantitative estimate of drug-likeness (QED) is 0.437. The third kappa shape index (κ3) is 6.01. The van der Waals surface area contributed by atoms with Crippen LogP contribution < -0.4 is 20.9 Å². The summed E-state index contributed by atoms with van der Waals surface area (Å²) in [7, 11) is 0. The maximum absolute atomic E-state index is 14.2. The number of carbonyl (C=O) groups excluding carboxylic acids is 2. The maximum Gasteiger partial charge on any atom is 0.254 e. The van der Waals surface area contributed by atoms with Crippen LogP contribution in [0.4, 0.5) is 15.8 Å². The highest BCUT2D eigenvalue weighted by molar-refractivity contribution is 9.10. The lowest BCUT2D eigenvalue weighted by atomic mass is 10.0. The number of hydrogen-bond donors (Lipinski definition) is 3. The molecule has 0 bridgehead atoms. The monoisotopic (exact) mass is 524 g/mol. The number of piperazine rings is 1. The zero-order chi connectivity index (χ0) is 23.9. The average molecular weight is 525 g/mol. The molecule has 1 atom stereocenters. The summed E-state index contributed by atoms with van der Waals surface area (Å²) in [6.07, 6.45) is 0.268. The highest BCUT2D eigenvalue weighted by atomic mass is 79.9. The first kappa shape index (κ1) is 23.9. The van der Waals surface area contributed by atoms with Crippen LogP contribution in [0, 0.1) is 5.82 Å². The van der Waals surface area contributed by atoms with Crippen molar-refractivity contribution in [3.05, 3.63) is 94.2 Å². The van der Waals surface area contributed by atoms with E-state index in [1.54, 1.807) is 6.07 Å². The van der Waals surface area contributed by atoms with Gasteiger partial charge in [-0.15, -0.1) is 0 Å². The Balaban J connectivity index is 1.59. The van der Waals surface area contributed by atoms with Crippen LogP contribution in [0.5, 0.6) is 0 Å². The summed E-state index contributed by atoms with van der Waals surface area (Å²) in [6, 6.07) is 20.0. The fourth-order valence-electron chi connectivity index (χ4n) is 3.95. The molecule has 8 heteroatoms. The topological polar surface area (TPSA) is 73.5 Å². The molecule has 6 nitrogen and oxygen atoms in total. The van der Waals surface area contributed by atoms with E-state index in [1.807, 2.05) is 48.5 Å². The van der Waals surface area contributed by atoms with Gasteiger partial charge in [-0.1, -0.05) is 58.4 Å². The molecule has 3 N–H and O–H groups in total. The molecule has 1 aliphatic heterocycles. The molecule has 0 radical (unpaired) electrons. The van der Waals surface area contributed by atoms with Crippen molar-refractivity contribution < 1.29 is 14.0 Å². The van der Waals surface area contributed by atoms with Gasteiger partial charge in [-0.2, -0.15) is 0 Å². The van der Waals surface area contributed by atoms with Gasteiger partial charge in [-0.3, -0.25) is 9.59 Å². The van der Waals surface area contributed by atoms with Gasteiger partial charge in [0.2, 0.25) is 5.91 Å². The smallest absolute Gasteiger partial charge is 0.254 e. The minimum Gasteiger partial charge on any atom is -0.367 e.